The van der Waals surface area contributed by atoms with Gasteiger partial charge in [0, 0.05) is 6.54 Å². The number of rotatable bonds is 3. The second kappa shape index (κ2) is 5.50. The highest BCUT2D eigenvalue weighted by Gasteiger charge is 2.33. The first-order valence-corrected chi connectivity index (χ1v) is 7.16. The monoisotopic (exact) mass is 225 g/mol. The van der Waals surface area contributed by atoms with Gasteiger partial charge in [0.25, 0.3) is 0 Å². The molecule has 0 bridgehead atoms. The number of likely N-dealkylation sites (tertiary alicyclic amines) is 1. The fraction of sp³-hybridized carbons (Fsp3) is 1.00. The fourth-order valence-electron chi connectivity index (χ4n) is 3.56. The van der Waals surface area contributed by atoms with Crippen LogP contribution in [0.4, 0.5) is 0 Å². The van der Waals surface area contributed by atoms with Crippen molar-refractivity contribution in [1.29, 1.82) is 0 Å². The van der Waals surface area contributed by atoms with Crippen LogP contribution < -0.4 is 0 Å². The van der Waals surface area contributed by atoms with Gasteiger partial charge in [-0.25, -0.2) is 0 Å². The van der Waals surface area contributed by atoms with E-state index in [9.17, 15) is 5.11 Å². The second-order valence-electron chi connectivity index (χ2n) is 5.89. The van der Waals surface area contributed by atoms with Gasteiger partial charge in [-0.1, -0.05) is 26.2 Å². The topological polar surface area (TPSA) is 23.5 Å². The van der Waals surface area contributed by atoms with Crippen molar-refractivity contribution >= 4 is 0 Å². The molecular weight excluding hydrogens is 198 g/mol. The summed E-state index contributed by atoms with van der Waals surface area (Å²) in [6.45, 7) is 5.91. The van der Waals surface area contributed by atoms with Crippen LogP contribution in [0.3, 0.4) is 0 Å². The lowest BCUT2D eigenvalue weighted by Gasteiger charge is -2.39. The van der Waals surface area contributed by atoms with E-state index in [1.165, 1.54) is 51.7 Å². The van der Waals surface area contributed by atoms with Crippen molar-refractivity contribution in [2.24, 2.45) is 5.92 Å². The van der Waals surface area contributed by atoms with Crippen LogP contribution in [0.1, 0.15) is 58.3 Å². The van der Waals surface area contributed by atoms with Crippen molar-refractivity contribution in [1.82, 2.24) is 4.90 Å². The van der Waals surface area contributed by atoms with E-state index in [-0.39, 0.29) is 5.60 Å². The van der Waals surface area contributed by atoms with Gasteiger partial charge in [0.15, 0.2) is 0 Å². The van der Waals surface area contributed by atoms with Crippen LogP contribution in [0.2, 0.25) is 0 Å². The maximum atomic E-state index is 10.6. The Morgan fingerprint density at radius 1 is 1.19 bits per heavy atom. The van der Waals surface area contributed by atoms with Crippen molar-refractivity contribution in [3.05, 3.63) is 0 Å². The van der Waals surface area contributed by atoms with E-state index in [0.29, 0.717) is 0 Å². The molecule has 2 aliphatic rings. The molecule has 2 nitrogen and oxygen atoms in total. The molecule has 0 aromatic rings. The zero-order valence-corrected chi connectivity index (χ0v) is 10.7. The average molecular weight is 225 g/mol. The third kappa shape index (κ3) is 3.21. The van der Waals surface area contributed by atoms with Crippen LogP contribution in [0.15, 0.2) is 0 Å². The molecule has 0 radical (unpaired) electrons. The molecule has 1 N–H and O–H groups in total. The van der Waals surface area contributed by atoms with Crippen LogP contribution in [-0.4, -0.2) is 35.2 Å². The van der Waals surface area contributed by atoms with Crippen LogP contribution in [0.5, 0.6) is 0 Å². The minimum Gasteiger partial charge on any atom is -0.390 e. The molecule has 2 rings (SSSR count). The van der Waals surface area contributed by atoms with Gasteiger partial charge in [0.2, 0.25) is 0 Å². The minimum absolute atomic E-state index is 0.306. The number of hydrogen-bond donors (Lipinski definition) is 1. The van der Waals surface area contributed by atoms with Gasteiger partial charge >= 0.3 is 0 Å². The Morgan fingerprint density at radius 3 is 2.62 bits per heavy atom. The van der Waals surface area contributed by atoms with E-state index < -0.39 is 0 Å². The number of aliphatic hydroxyl groups is 1. The van der Waals surface area contributed by atoms with Crippen molar-refractivity contribution in [3.63, 3.8) is 0 Å². The number of hydrogen-bond acceptors (Lipinski definition) is 2. The van der Waals surface area contributed by atoms with Crippen LogP contribution in [0.25, 0.3) is 0 Å². The molecule has 1 saturated heterocycles. The van der Waals surface area contributed by atoms with E-state index in [1.807, 2.05) is 0 Å². The Labute approximate surface area is 100 Å². The summed E-state index contributed by atoms with van der Waals surface area (Å²) in [5.74, 6) is 0.747. The molecule has 94 valence electrons. The standard InChI is InChI=1S/C14H27NO/c1-2-15-10-6-7-13(12-15)11-14(16)8-4-3-5-9-14/h13,16H,2-12H2,1H3. The molecule has 1 aliphatic carbocycles. The summed E-state index contributed by atoms with van der Waals surface area (Å²) in [6.07, 6.45) is 9.62. The Kier molecular flexibility index (Phi) is 4.26. The summed E-state index contributed by atoms with van der Waals surface area (Å²) in [4.78, 5) is 2.54. The van der Waals surface area contributed by atoms with Crippen LogP contribution in [-0.2, 0) is 0 Å². The molecule has 16 heavy (non-hydrogen) atoms. The quantitative estimate of drug-likeness (QED) is 0.798. The van der Waals surface area contributed by atoms with E-state index in [4.69, 9.17) is 0 Å². The predicted molar refractivity (Wildman–Crippen MR) is 67.5 cm³/mol. The summed E-state index contributed by atoms with van der Waals surface area (Å²) >= 11 is 0. The van der Waals surface area contributed by atoms with Gasteiger partial charge in [-0.05, 0) is 51.1 Å². The van der Waals surface area contributed by atoms with Crippen LogP contribution >= 0.6 is 0 Å². The van der Waals surface area contributed by atoms with Gasteiger partial charge in [0.05, 0.1) is 5.60 Å². The molecule has 0 aromatic carbocycles. The molecule has 0 amide bonds. The molecular formula is C14H27NO. The zero-order chi connectivity index (χ0) is 11.4. The Bertz CT molecular complexity index is 211. The molecule has 2 fully saturated rings. The van der Waals surface area contributed by atoms with Gasteiger partial charge in [-0.2, -0.15) is 0 Å². The third-order valence-corrected chi connectivity index (χ3v) is 4.50. The third-order valence-electron chi connectivity index (χ3n) is 4.50. The predicted octanol–water partition coefficient (Wildman–Crippen LogP) is 2.80. The van der Waals surface area contributed by atoms with Gasteiger partial charge in [-0.3, -0.25) is 0 Å². The first kappa shape index (κ1) is 12.4. The van der Waals surface area contributed by atoms with E-state index in [2.05, 4.69) is 11.8 Å². The molecule has 0 spiro atoms. The average Bonchev–Trinajstić information content (AvgIpc) is 2.29. The minimum atomic E-state index is -0.306. The maximum Gasteiger partial charge on any atom is 0.0651 e. The molecule has 2 heteroatoms. The summed E-state index contributed by atoms with van der Waals surface area (Å²) in [5.41, 5.74) is -0.306. The summed E-state index contributed by atoms with van der Waals surface area (Å²) in [5, 5.41) is 10.6. The molecule has 1 heterocycles. The largest absolute Gasteiger partial charge is 0.390 e. The smallest absolute Gasteiger partial charge is 0.0651 e. The van der Waals surface area contributed by atoms with E-state index >= 15 is 0 Å². The first-order valence-electron chi connectivity index (χ1n) is 7.16. The fourth-order valence-corrected chi connectivity index (χ4v) is 3.56. The molecule has 1 atom stereocenters. The van der Waals surface area contributed by atoms with Gasteiger partial charge in [0.1, 0.15) is 0 Å². The molecule has 1 saturated carbocycles. The lowest BCUT2D eigenvalue weighted by atomic mass is 9.77. The highest BCUT2D eigenvalue weighted by molar-refractivity contribution is 4.86. The molecule has 1 unspecified atom stereocenters. The molecule has 0 aromatic heterocycles. The van der Waals surface area contributed by atoms with Gasteiger partial charge < -0.3 is 10.0 Å². The van der Waals surface area contributed by atoms with Crippen molar-refractivity contribution in [2.45, 2.75) is 63.9 Å². The van der Waals surface area contributed by atoms with Crippen molar-refractivity contribution < 1.29 is 5.11 Å². The highest BCUT2D eigenvalue weighted by atomic mass is 16.3. The van der Waals surface area contributed by atoms with E-state index in [0.717, 1.165) is 25.2 Å². The summed E-state index contributed by atoms with van der Waals surface area (Å²) in [7, 11) is 0. The van der Waals surface area contributed by atoms with Crippen LogP contribution in [0, 0.1) is 5.92 Å². The lowest BCUT2D eigenvalue weighted by Crippen LogP contribution is -2.41. The Hall–Kier alpha value is -0.0800. The Balaban J connectivity index is 1.83. The van der Waals surface area contributed by atoms with Crippen molar-refractivity contribution in [2.75, 3.05) is 19.6 Å². The Morgan fingerprint density at radius 2 is 1.94 bits per heavy atom. The zero-order valence-electron chi connectivity index (χ0n) is 10.7. The number of nitrogens with zero attached hydrogens (tertiary/aromatic N) is 1. The SMILES string of the molecule is CCN1CCCC(CC2(O)CCCCC2)C1. The number of piperidine rings is 1. The normalized spacial score (nSPS) is 31.5. The second-order valence-corrected chi connectivity index (χ2v) is 5.89. The first-order chi connectivity index (χ1) is 7.72. The maximum absolute atomic E-state index is 10.6. The summed E-state index contributed by atoms with van der Waals surface area (Å²) in [6, 6.07) is 0. The van der Waals surface area contributed by atoms with E-state index in [1.54, 1.807) is 0 Å². The highest BCUT2D eigenvalue weighted by Crippen LogP contribution is 2.35. The molecule has 1 aliphatic heterocycles. The lowest BCUT2D eigenvalue weighted by molar-refractivity contribution is -0.0267. The summed E-state index contributed by atoms with van der Waals surface area (Å²) < 4.78 is 0. The van der Waals surface area contributed by atoms with Crippen molar-refractivity contribution in [3.8, 4) is 0 Å². The van der Waals surface area contributed by atoms with Gasteiger partial charge in [-0.15, -0.1) is 0 Å².